The Labute approximate surface area is 105 Å². The summed E-state index contributed by atoms with van der Waals surface area (Å²) in [4.78, 5) is 0. The molecule has 0 atom stereocenters. The van der Waals surface area contributed by atoms with Gasteiger partial charge in [-0.3, -0.25) is 0 Å². The summed E-state index contributed by atoms with van der Waals surface area (Å²) >= 11 is 3.19. The van der Waals surface area contributed by atoms with Gasteiger partial charge in [-0.25, -0.2) is 0 Å². The van der Waals surface area contributed by atoms with Crippen molar-refractivity contribution < 1.29 is 22.6 Å². The van der Waals surface area contributed by atoms with Crippen LogP contribution >= 0.6 is 15.9 Å². The van der Waals surface area contributed by atoms with E-state index in [1.807, 2.05) is 0 Å². The smallest absolute Gasteiger partial charge is 0.409 e. The summed E-state index contributed by atoms with van der Waals surface area (Å²) in [6, 6.07) is 3.13. The third-order valence-corrected chi connectivity index (χ3v) is 2.38. The first kappa shape index (κ1) is 13.9. The predicted octanol–water partition coefficient (Wildman–Crippen LogP) is 4.04. The van der Waals surface area contributed by atoms with Gasteiger partial charge in [-0.2, -0.15) is 13.2 Å². The average molecular weight is 311 g/mol. The van der Waals surface area contributed by atoms with E-state index < -0.39 is 6.18 Å². The minimum Gasteiger partial charge on any atom is -0.493 e. The third kappa shape index (κ3) is 3.96. The lowest BCUT2D eigenvalue weighted by molar-refractivity contribution is -0.0790. The van der Waals surface area contributed by atoms with Crippen molar-refractivity contribution in [1.82, 2.24) is 0 Å². The highest BCUT2D eigenvalue weighted by Gasteiger charge is 2.22. The van der Waals surface area contributed by atoms with Gasteiger partial charge in [-0.1, -0.05) is 15.9 Å². The normalized spacial score (nSPS) is 11.9. The Morgan fingerprint density at radius 1 is 1.18 bits per heavy atom. The molecule has 0 saturated heterocycles. The second-order valence-electron chi connectivity index (χ2n) is 3.11. The molecule has 0 bridgehead atoms. The van der Waals surface area contributed by atoms with Crippen molar-refractivity contribution in [2.24, 2.45) is 0 Å². The van der Waals surface area contributed by atoms with Crippen molar-refractivity contribution in [3.63, 3.8) is 0 Å². The Bertz CT molecular complexity index is 427. The van der Waals surface area contributed by atoms with Crippen LogP contribution in [0.1, 0.15) is 5.56 Å². The average Bonchev–Trinajstić information content (AvgIpc) is 2.24. The molecule has 0 spiro atoms. The topological polar surface area (TPSA) is 18.5 Å². The Hall–Kier alpha value is -1.17. The molecule has 0 aliphatic heterocycles. The first-order valence-electron chi connectivity index (χ1n) is 4.55. The Kier molecular flexibility index (Phi) is 4.45. The van der Waals surface area contributed by atoms with E-state index >= 15 is 0 Å². The van der Waals surface area contributed by atoms with Gasteiger partial charge in [0.05, 0.1) is 14.2 Å². The maximum atomic E-state index is 12.1. The summed E-state index contributed by atoms with van der Waals surface area (Å²) in [5.74, 6) is 0.625. The quantitative estimate of drug-likeness (QED) is 0.839. The lowest BCUT2D eigenvalue weighted by atomic mass is 10.1. The number of hydrogen-bond donors (Lipinski definition) is 0. The van der Waals surface area contributed by atoms with Crippen molar-refractivity contribution in [1.29, 1.82) is 0 Å². The van der Waals surface area contributed by atoms with Gasteiger partial charge in [-0.15, -0.1) is 0 Å². The molecule has 0 unspecified atom stereocenters. The Morgan fingerprint density at radius 2 is 1.82 bits per heavy atom. The number of halogens is 4. The molecule has 0 saturated carbocycles. The van der Waals surface area contributed by atoms with E-state index in [9.17, 15) is 13.2 Å². The fourth-order valence-electron chi connectivity index (χ4n) is 1.27. The molecular weight excluding hydrogens is 301 g/mol. The predicted molar refractivity (Wildman–Crippen MR) is 62.3 cm³/mol. The van der Waals surface area contributed by atoms with Gasteiger partial charge in [0.1, 0.15) is 0 Å². The number of ether oxygens (including phenoxy) is 2. The van der Waals surface area contributed by atoms with Crippen LogP contribution in [0.3, 0.4) is 0 Å². The summed E-state index contributed by atoms with van der Waals surface area (Å²) in [6.45, 7) is 0. The van der Waals surface area contributed by atoms with Gasteiger partial charge in [0, 0.05) is 16.1 Å². The fourth-order valence-corrected chi connectivity index (χ4v) is 1.72. The van der Waals surface area contributed by atoms with E-state index in [0.29, 0.717) is 10.2 Å². The molecular formula is C11H10BrF3O2. The molecule has 17 heavy (non-hydrogen) atoms. The molecule has 0 radical (unpaired) electrons. The summed E-state index contributed by atoms with van der Waals surface area (Å²) in [6.07, 6.45) is -3.27. The van der Waals surface area contributed by atoms with Crippen LogP contribution in [0.2, 0.25) is 0 Å². The number of rotatable bonds is 3. The molecule has 94 valence electrons. The summed E-state index contributed by atoms with van der Waals surface area (Å²) in [5, 5.41) is 0. The third-order valence-electron chi connectivity index (χ3n) is 1.92. The van der Waals surface area contributed by atoms with E-state index in [4.69, 9.17) is 9.47 Å². The maximum Gasteiger partial charge on any atom is 0.409 e. The lowest BCUT2D eigenvalue weighted by Crippen LogP contribution is -2.00. The van der Waals surface area contributed by atoms with E-state index in [0.717, 1.165) is 6.08 Å². The minimum atomic E-state index is -4.36. The Balaban J connectivity index is 3.22. The first-order chi connectivity index (χ1) is 7.87. The van der Waals surface area contributed by atoms with Gasteiger partial charge in [-0.05, 0) is 18.2 Å². The highest BCUT2D eigenvalue weighted by Crippen LogP contribution is 2.36. The van der Waals surface area contributed by atoms with Crippen LogP contribution in [0.5, 0.6) is 11.5 Å². The van der Waals surface area contributed by atoms with Gasteiger partial charge in [0.25, 0.3) is 0 Å². The second kappa shape index (κ2) is 5.44. The zero-order valence-corrected chi connectivity index (χ0v) is 10.7. The molecule has 6 heteroatoms. The van der Waals surface area contributed by atoms with Crippen molar-refractivity contribution in [3.05, 3.63) is 28.2 Å². The van der Waals surface area contributed by atoms with Crippen molar-refractivity contribution in [2.45, 2.75) is 6.18 Å². The minimum absolute atomic E-state index is 0.150. The summed E-state index contributed by atoms with van der Waals surface area (Å²) in [5.41, 5.74) is 0.288. The largest absolute Gasteiger partial charge is 0.493 e. The number of benzene rings is 1. The van der Waals surface area contributed by atoms with Crippen molar-refractivity contribution >= 4 is 22.0 Å². The van der Waals surface area contributed by atoms with Gasteiger partial charge in [0.15, 0.2) is 11.5 Å². The zero-order valence-electron chi connectivity index (χ0n) is 9.14. The van der Waals surface area contributed by atoms with E-state index in [1.165, 1.54) is 20.3 Å². The van der Waals surface area contributed by atoms with Crippen LogP contribution < -0.4 is 9.47 Å². The SMILES string of the molecule is COc1cc(Br)cc(/C=C/C(F)(F)F)c1OC. The van der Waals surface area contributed by atoms with E-state index in [1.54, 1.807) is 6.07 Å². The van der Waals surface area contributed by atoms with Crippen molar-refractivity contribution in [2.75, 3.05) is 14.2 Å². The van der Waals surface area contributed by atoms with Crippen LogP contribution in [-0.2, 0) is 0 Å². The van der Waals surface area contributed by atoms with Crippen molar-refractivity contribution in [3.8, 4) is 11.5 Å². The zero-order chi connectivity index (χ0) is 13.1. The molecule has 0 heterocycles. The molecule has 1 aromatic carbocycles. The number of allylic oxidation sites excluding steroid dienone is 1. The molecule has 1 aromatic rings. The molecule has 2 nitrogen and oxygen atoms in total. The second-order valence-corrected chi connectivity index (χ2v) is 4.02. The molecule has 1 rings (SSSR count). The van der Waals surface area contributed by atoms with Gasteiger partial charge >= 0.3 is 6.18 Å². The van der Waals surface area contributed by atoms with Crippen LogP contribution in [-0.4, -0.2) is 20.4 Å². The van der Waals surface area contributed by atoms with Crippen LogP contribution in [0.15, 0.2) is 22.7 Å². The number of hydrogen-bond acceptors (Lipinski definition) is 2. The first-order valence-corrected chi connectivity index (χ1v) is 5.34. The highest BCUT2D eigenvalue weighted by molar-refractivity contribution is 9.10. The van der Waals surface area contributed by atoms with Crippen LogP contribution in [0.4, 0.5) is 13.2 Å². The molecule has 0 aromatic heterocycles. The highest BCUT2D eigenvalue weighted by atomic mass is 79.9. The van der Waals surface area contributed by atoms with Gasteiger partial charge in [0.2, 0.25) is 0 Å². The molecule has 0 N–H and O–H groups in total. The fraction of sp³-hybridized carbons (Fsp3) is 0.273. The standard InChI is InChI=1S/C11H10BrF3O2/c1-16-9-6-8(12)5-7(10(9)17-2)3-4-11(13,14)15/h3-6H,1-2H3/b4-3+. The van der Waals surface area contributed by atoms with Gasteiger partial charge < -0.3 is 9.47 Å². The molecule has 0 aliphatic carbocycles. The Morgan fingerprint density at radius 3 is 2.29 bits per heavy atom. The monoisotopic (exact) mass is 310 g/mol. The molecule has 0 amide bonds. The summed E-state index contributed by atoms with van der Waals surface area (Å²) < 4.78 is 46.9. The lowest BCUT2D eigenvalue weighted by Gasteiger charge is -2.11. The van der Waals surface area contributed by atoms with Crippen LogP contribution in [0.25, 0.3) is 6.08 Å². The van der Waals surface area contributed by atoms with E-state index in [-0.39, 0.29) is 17.4 Å². The van der Waals surface area contributed by atoms with Crippen LogP contribution in [0, 0.1) is 0 Å². The maximum absolute atomic E-state index is 12.1. The molecule has 0 fully saturated rings. The number of methoxy groups -OCH3 is 2. The molecule has 0 aliphatic rings. The summed E-state index contributed by atoms with van der Waals surface area (Å²) in [7, 11) is 2.79. The van der Waals surface area contributed by atoms with E-state index in [2.05, 4.69) is 15.9 Å². The number of alkyl halides is 3.